The van der Waals surface area contributed by atoms with Crippen LogP contribution in [0.3, 0.4) is 0 Å². The van der Waals surface area contributed by atoms with Gasteiger partial charge in [-0.15, -0.1) is 11.8 Å². The van der Waals surface area contributed by atoms with E-state index in [0.29, 0.717) is 31.9 Å². The molecule has 3 aromatic carbocycles. The van der Waals surface area contributed by atoms with Crippen molar-refractivity contribution >= 4 is 64.5 Å². The molecular weight excluding hydrogens is 547 g/mol. The van der Waals surface area contributed by atoms with Gasteiger partial charge in [0, 0.05) is 20.8 Å². The summed E-state index contributed by atoms with van der Waals surface area (Å²) >= 11 is 19.1. The molecule has 10 heteroatoms. The average Bonchev–Trinajstić information content (AvgIpc) is 3.24. The van der Waals surface area contributed by atoms with Crippen LogP contribution in [0.2, 0.25) is 15.1 Å². The molecule has 1 fully saturated rings. The zero-order chi connectivity index (χ0) is 25.7. The van der Waals surface area contributed by atoms with Gasteiger partial charge < -0.3 is 14.2 Å². The number of carbonyl (C=O) groups excluding carboxylic acids is 3. The second kappa shape index (κ2) is 12.0. The molecule has 186 valence electrons. The Bertz CT molecular complexity index is 1230. The van der Waals surface area contributed by atoms with Crippen molar-refractivity contribution in [3.05, 3.63) is 105 Å². The quantitative estimate of drug-likeness (QED) is 0.243. The van der Waals surface area contributed by atoms with Gasteiger partial charge in [0.15, 0.2) is 6.10 Å². The minimum absolute atomic E-state index is 0.0559. The van der Waals surface area contributed by atoms with E-state index >= 15 is 0 Å². The number of halogens is 3. The number of ether oxygens (including phenoxy) is 3. The summed E-state index contributed by atoms with van der Waals surface area (Å²) in [6.45, 7) is -0.0559. The third-order valence-electron chi connectivity index (χ3n) is 5.33. The van der Waals surface area contributed by atoms with E-state index in [-0.39, 0.29) is 12.2 Å². The summed E-state index contributed by atoms with van der Waals surface area (Å²) in [4.78, 5) is 38.0. The van der Waals surface area contributed by atoms with Crippen molar-refractivity contribution < 1.29 is 28.6 Å². The molecule has 3 atom stereocenters. The molecule has 0 spiro atoms. The smallest absolute Gasteiger partial charge is 0.338 e. The van der Waals surface area contributed by atoms with Gasteiger partial charge in [-0.3, -0.25) is 0 Å². The maximum atomic E-state index is 12.8. The average molecular weight is 566 g/mol. The van der Waals surface area contributed by atoms with Crippen molar-refractivity contribution in [1.29, 1.82) is 0 Å². The van der Waals surface area contributed by atoms with Gasteiger partial charge in [0.05, 0.1) is 21.9 Å². The maximum absolute atomic E-state index is 12.8. The summed E-state index contributed by atoms with van der Waals surface area (Å²) in [5.74, 6) is -1.39. The minimum atomic E-state index is -0.854. The van der Waals surface area contributed by atoms with Crippen LogP contribution in [0.5, 0.6) is 0 Å². The third kappa shape index (κ3) is 6.73. The van der Waals surface area contributed by atoms with Crippen LogP contribution in [-0.2, 0) is 14.2 Å². The van der Waals surface area contributed by atoms with Crippen LogP contribution in [0, 0.1) is 0 Å². The molecule has 0 aromatic heterocycles. The van der Waals surface area contributed by atoms with Crippen LogP contribution < -0.4 is 0 Å². The van der Waals surface area contributed by atoms with Crippen molar-refractivity contribution in [3.8, 4) is 0 Å². The van der Waals surface area contributed by atoms with Crippen molar-refractivity contribution in [2.75, 3.05) is 12.4 Å². The monoisotopic (exact) mass is 564 g/mol. The molecule has 1 saturated heterocycles. The van der Waals surface area contributed by atoms with Crippen LogP contribution in [0.15, 0.2) is 72.8 Å². The first-order chi connectivity index (χ1) is 17.3. The summed E-state index contributed by atoms with van der Waals surface area (Å²) in [6.07, 6.45) is -1.61. The molecule has 6 nitrogen and oxygen atoms in total. The number of rotatable bonds is 7. The highest BCUT2D eigenvalue weighted by atomic mass is 35.5. The first-order valence-corrected chi connectivity index (χ1v) is 13.0. The Balaban J connectivity index is 1.47. The minimum Gasteiger partial charge on any atom is -0.461 e. The van der Waals surface area contributed by atoms with E-state index in [1.807, 2.05) is 0 Å². The third-order valence-corrected chi connectivity index (χ3v) is 7.44. The molecule has 4 rings (SSSR count). The Morgan fingerprint density at radius 2 is 1.08 bits per heavy atom. The molecule has 36 heavy (non-hydrogen) atoms. The molecule has 0 N–H and O–H groups in total. The van der Waals surface area contributed by atoms with Crippen molar-refractivity contribution in [1.82, 2.24) is 0 Å². The molecule has 1 aliphatic rings. The molecule has 0 radical (unpaired) electrons. The number of benzene rings is 3. The lowest BCUT2D eigenvalue weighted by atomic mass is 10.1. The van der Waals surface area contributed by atoms with Gasteiger partial charge in [0.25, 0.3) is 0 Å². The molecule has 0 saturated carbocycles. The number of carbonyl (C=O) groups is 3. The highest BCUT2D eigenvalue weighted by molar-refractivity contribution is 8.00. The second-order valence-corrected chi connectivity index (χ2v) is 10.4. The normalized spacial score (nSPS) is 18.9. The molecular formula is C26H19Cl3O6S. The standard InChI is InChI=1S/C26H19Cl3O6S/c27-18-7-1-15(2-8-18)24(30)33-13-22-23(35-26(32)17-5-11-20(29)12-6-17)21(14-36-22)34-25(31)16-3-9-19(28)10-4-16/h1-12,21-23H,13-14H2/t21-,22-,23-/m1/s1. The molecule has 1 heterocycles. The topological polar surface area (TPSA) is 78.9 Å². The summed E-state index contributed by atoms with van der Waals surface area (Å²) in [5.41, 5.74) is 0.934. The molecule has 0 bridgehead atoms. The van der Waals surface area contributed by atoms with Gasteiger partial charge in [0.1, 0.15) is 12.7 Å². The Morgan fingerprint density at radius 1 is 0.667 bits per heavy atom. The molecule has 3 aromatic rings. The van der Waals surface area contributed by atoms with Crippen LogP contribution in [0.1, 0.15) is 31.1 Å². The summed E-state index contributed by atoms with van der Waals surface area (Å²) < 4.78 is 16.9. The number of thioether (sulfide) groups is 1. The molecule has 1 aliphatic heterocycles. The van der Waals surface area contributed by atoms with Gasteiger partial charge >= 0.3 is 17.9 Å². The summed E-state index contributed by atoms with van der Waals surface area (Å²) in [6, 6.07) is 18.8. The number of esters is 3. The fraction of sp³-hybridized carbons (Fsp3) is 0.192. The fourth-order valence-corrected chi connectivity index (χ4v) is 5.10. The predicted octanol–water partition coefficient (Wildman–Crippen LogP) is 6.37. The van der Waals surface area contributed by atoms with Gasteiger partial charge in [-0.1, -0.05) is 34.8 Å². The zero-order valence-electron chi connectivity index (χ0n) is 18.6. The van der Waals surface area contributed by atoms with Crippen LogP contribution in [0.4, 0.5) is 0 Å². The zero-order valence-corrected chi connectivity index (χ0v) is 21.7. The van der Waals surface area contributed by atoms with Crippen molar-refractivity contribution in [3.63, 3.8) is 0 Å². The molecule has 0 amide bonds. The van der Waals surface area contributed by atoms with Gasteiger partial charge in [-0.25, -0.2) is 14.4 Å². The van der Waals surface area contributed by atoms with Crippen LogP contribution in [0.25, 0.3) is 0 Å². The first-order valence-electron chi connectivity index (χ1n) is 10.8. The highest BCUT2D eigenvalue weighted by Crippen LogP contribution is 2.33. The Labute approximate surface area is 226 Å². The van der Waals surface area contributed by atoms with E-state index < -0.39 is 35.4 Å². The van der Waals surface area contributed by atoms with E-state index in [0.717, 1.165) is 0 Å². The van der Waals surface area contributed by atoms with E-state index in [9.17, 15) is 14.4 Å². The second-order valence-electron chi connectivity index (χ2n) is 7.80. The van der Waals surface area contributed by atoms with Crippen molar-refractivity contribution in [2.24, 2.45) is 0 Å². The lowest BCUT2D eigenvalue weighted by Crippen LogP contribution is -2.39. The number of hydrogen-bond acceptors (Lipinski definition) is 7. The lowest BCUT2D eigenvalue weighted by molar-refractivity contribution is -0.0295. The van der Waals surface area contributed by atoms with Crippen LogP contribution >= 0.6 is 46.6 Å². The Hall–Kier alpha value is -2.71. The highest BCUT2D eigenvalue weighted by Gasteiger charge is 2.43. The van der Waals surface area contributed by atoms with Crippen molar-refractivity contribution in [2.45, 2.75) is 17.5 Å². The lowest BCUT2D eigenvalue weighted by Gasteiger charge is -2.24. The maximum Gasteiger partial charge on any atom is 0.338 e. The van der Waals surface area contributed by atoms with E-state index in [4.69, 9.17) is 49.0 Å². The van der Waals surface area contributed by atoms with E-state index in [1.54, 1.807) is 60.7 Å². The predicted molar refractivity (Wildman–Crippen MR) is 139 cm³/mol. The Kier molecular flexibility index (Phi) is 8.80. The molecule has 0 aliphatic carbocycles. The SMILES string of the molecule is O=C(OC[C@H]1SC[C@@H](OC(=O)c2ccc(Cl)cc2)[C@H]1OC(=O)c1ccc(Cl)cc1)c1ccc(Cl)cc1. The molecule has 0 unspecified atom stereocenters. The van der Waals surface area contributed by atoms with Gasteiger partial charge in [-0.05, 0) is 72.8 Å². The Morgan fingerprint density at radius 3 is 1.56 bits per heavy atom. The largest absolute Gasteiger partial charge is 0.461 e. The van der Waals surface area contributed by atoms with Gasteiger partial charge in [0.2, 0.25) is 0 Å². The first kappa shape index (κ1) is 26.4. The fourth-order valence-electron chi connectivity index (χ4n) is 3.44. The van der Waals surface area contributed by atoms with Gasteiger partial charge in [-0.2, -0.15) is 0 Å². The van der Waals surface area contributed by atoms with E-state index in [2.05, 4.69) is 0 Å². The van der Waals surface area contributed by atoms with E-state index in [1.165, 1.54) is 23.9 Å². The van der Waals surface area contributed by atoms with Crippen LogP contribution in [-0.4, -0.2) is 47.7 Å². The summed E-state index contributed by atoms with van der Waals surface area (Å²) in [7, 11) is 0. The summed E-state index contributed by atoms with van der Waals surface area (Å²) in [5, 5.41) is 1.00. The number of hydrogen-bond donors (Lipinski definition) is 0.